The summed E-state index contributed by atoms with van der Waals surface area (Å²) in [6, 6.07) is 3.30. The summed E-state index contributed by atoms with van der Waals surface area (Å²) in [5.74, 6) is -0.173. The van der Waals surface area contributed by atoms with Gasteiger partial charge in [-0.1, -0.05) is 0 Å². The van der Waals surface area contributed by atoms with Gasteiger partial charge in [0.15, 0.2) is 0 Å². The second kappa shape index (κ2) is 5.63. The van der Waals surface area contributed by atoms with E-state index < -0.39 is 5.91 Å². The van der Waals surface area contributed by atoms with Crippen LogP contribution in [0.25, 0.3) is 0 Å². The monoisotopic (exact) mass is 235 g/mol. The van der Waals surface area contributed by atoms with Crippen molar-refractivity contribution in [2.24, 2.45) is 5.73 Å². The molecule has 1 saturated heterocycles. The van der Waals surface area contributed by atoms with Crippen LogP contribution in [-0.4, -0.2) is 42.0 Å². The first kappa shape index (κ1) is 11.9. The number of pyridine rings is 1. The van der Waals surface area contributed by atoms with Gasteiger partial charge >= 0.3 is 0 Å². The summed E-state index contributed by atoms with van der Waals surface area (Å²) in [4.78, 5) is 17.5. The third kappa shape index (κ3) is 3.17. The number of ether oxygens (including phenoxy) is 1. The molecule has 1 amide bonds. The molecule has 1 fully saturated rings. The fourth-order valence-electron chi connectivity index (χ4n) is 1.97. The first-order chi connectivity index (χ1) is 8.27. The van der Waals surface area contributed by atoms with Crippen molar-refractivity contribution in [3.8, 4) is 5.88 Å². The molecular weight excluding hydrogens is 218 g/mol. The van der Waals surface area contributed by atoms with Gasteiger partial charge in [0.05, 0.1) is 0 Å². The topological polar surface area (TPSA) is 68.5 Å². The Labute approximate surface area is 101 Å². The van der Waals surface area contributed by atoms with Crippen LogP contribution >= 0.6 is 0 Å². The van der Waals surface area contributed by atoms with E-state index >= 15 is 0 Å². The number of likely N-dealkylation sites (tertiary alicyclic amines) is 1. The molecule has 1 aromatic heterocycles. The van der Waals surface area contributed by atoms with Gasteiger partial charge in [-0.2, -0.15) is 0 Å². The molecule has 92 valence electrons. The molecule has 5 heteroatoms. The highest BCUT2D eigenvalue weighted by Crippen LogP contribution is 2.13. The van der Waals surface area contributed by atoms with Crippen LogP contribution in [-0.2, 0) is 0 Å². The summed E-state index contributed by atoms with van der Waals surface area (Å²) in [6.45, 7) is 3.68. The molecule has 0 radical (unpaired) electrons. The number of carbonyl (C=O) groups excluding carboxylic acids is 1. The lowest BCUT2D eigenvalue weighted by Gasteiger charge is -2.15. The van der Waals surface area contributed by atoms with Gasteiger partial charge in [-0.15, -0.1) is 0 Å². The molecule has 2 rings (SSSR count). The third-order valence-corrected chi connectivity index (χ3v) is 2.88. The van der Waals surface area contributed by atoms with Gasteiger partial charge < -0.3 is 10.5 Å². The Balaban J connectivity index is 1.87. The third-order valence-electron chi connectivity index (χ3n) is 2.88. The van der Waals surface area contributed by atoms with Crippen LogP contribution in [0.4, 0.5) is 0 Å². The van der Waals surface area contributed by atoms with Gasteiger partial charge in [-0.05, 0) is 38.1 Å². The Bertz CT molecular complexity index is 389. The number of hydrogen-bond donors (Lipinski definition) is 1. The van der Waals surface area contributed by atoms with Crippen molar-refractivity contribution < 1.29 is 9.53 Å². The lowest BCUT2D eigenvalue weighted by atomic mass is 10.2. The summed E-state index contributed by atoms with van der Waals surface area (Å²) in [7, 11) is 0. The summed E-state index contributed by atoms with van der Waals surface area (Å²) in [6.07, 6.45) is 4.11. The minimum atomic E-state index is -0.505. The molecule has 0 unspecified atom stereocenters. The maximum Gasteiger partial charge on any atom is 0.254 e. The smallest absolute Gasteiger partial charge is 0.254 e. The van der Waals surface area contributed by atoms with Crippen molar-refractivity contribution in [2.45, 2.75) is 12.8 Å². The molecule has 2 N–H and O–H groups in total. The Morgan fingerprint density at radius 3 is 2.94 bits per heavy atom. The lowest BCUT2D eigenvalue weighted by Crippen LogP contribution is -2.25. The van der Waals surface area contributed by atoms with Crippen LogP contribution in [0.1, 0.15) is 23.2 Å². The molecule has 1 aromatic rings. The van der Waals surface area contributed by atoms with Crippen LogP contribution in [0.15, 0.2) is 18.3 Å². The first-order valence-corrected chi connectivity index (χ1v) is 5.87. The van der Waals surface area contributed by atoms with E-state index in [2.05, 4.69) is 9.88 Å². The van der Waals surface area contributed by atoms with E-state index in [0.29, 0.717) is 18.1 Å². The van der Waals surface area contributed by atoms with Crippen molar-refractivity contribution >= 4 is 5.91 Å². The second-order valence-corrected chi connectivity index (χ2v) is 4.12. The van der Waals surface area contributed by atoms with Crippen LogP contribution in [0, 0.1) is 0 Å². The molecule has 0 aliphatic carbocycles. The van der Waals surface area contributed by atoms with Gasteiger partial charge in [0.1, 0.15) is 12.2 Å². The molecule has 0 spiro atoms. The molecule has 2 heterocycles. The number of nitrogens with zero attached hydrogens (tertiary/aromatic N) is 2. The number of aromatic nitrogens is 1. The zero-order valence-corrected chi connectivity index (χ0v) is 9.76. The maximum absolute atomic E-state index is 11.1. The average Bonchev–Trinajstić information content (AvgIpc) is 2.82. The van der Waals surface area contributed by atoms with Gasteiger partial charge in [-0.25, -0.2) is 4.98 Å². The Morgan fingerprint density at radius 1 is 1.47 bits per heavy atom. The minimum absolute atomic E-state index is 0.333. The summed E-state index contributed by atoms with van der Waals surface area (Å²) < 4.78 is 5.51. The molecule has 0 saturated carbocycles. The van der Waals surface area contributed by atoms with Crippen molar-refractivity contribution in [1.29, 1.82) is 0 Å². The number of amides is 1. The van der Waals surface area contributed by atoms with E-state index in [9.17, 15) is 4.79 Å². The van der Waals surface area contributed by atoms with E-state index in [1.165, 1.54) is 12.8 Å². The number of nitrogens with two attached hydrogens (primary N) is 1. The standard InChI is InChI=1S/C12H17N3O2/c13-11(16)10-4-3-5-14-12(10)17-9-8-15-6-1-2-7-15/h3-5H,1-2,6-9H2,(H2,13,16). The fourth-order valence-corrected chi connectivity index (χ4v) is 1.97. The normalized spacial score (nSPS) is 16.0. The highest BCUT2D eigenvalue weighted by atomic mass is 16.5. The Morgan fingerprint density at radius 2 is 2.24 bits per heavy atom. The molecular formula is C12H17N3O2. The first-order valence-electron chi connectivity index (χ1n) is 5.87. The SMILES string of the molecule is NC(=O)c1cccnc1OCCN1CCCC1. The van der Waals surface area contributed by atoms with Crippen molar-refractivity contribution in [3.05, 3.63) is 23.9 Å². The number of primary amides is 1. The molecule has 5 nitrogen and oxygen atoms in total. The summed E-state index contributed by atoms with van der Waals surface area (Å²) in [5, 5.41) is 0. The van der Waals surface area contributed by atoms with Crippen molar-refractivity contribution in [2.75, 3.05) is 26.2 Å². The molecule has 0 aromatic carbocycles. The minimum Gasteiger partial charge on any atom is -0.476 e. The van der Waals surface area contributed by atoms with Crippen molar-refractivity contribution in [3.63, 3.8) is 0 Å². The lowest BCUT2D eigenvalue weighted by molar-refractivity contribution is 0.0994. The predicted octanol–water partition coefficient (Wildman–Crippen LogP) is 0.655. The number of rotatable bonds is 5. The zero-order chi connectivity index (χ0) is 12.1. The van der Waals surface area contributed by atoms with Gasteiger partial charge in [0.25, 0.3) is 5.91 Å². The van der Waals surface area contributed by atoms with Crippen molar-refractivity contribution in [1.82, 2.24) is 9.88 Å². The van der Waals surface area contributed by atoms with E-state index in [1.54, 1.807) is 18.3 Å². The average molecular weight is 235 g/mol. The second-order valence-electron chi connectivity index (χ2n) is 4.12. The Hall–Kier alpha value is -1.62. The van der Waals surface area contributed by atoms with Gasteiger partial charge in [-0.3, -0.25) is 9.69 Å². The predicted molar refractivity (Wildman–Crippen MR) is 63.9 cm³/mol. The maximum atomic E-state index is 11.1. The largest absolute Gasteiger partial charge is 0.476 e. The Kier molecular flexibility index (Phi) is 3.93. The fraction of sp³-hybridized carbons (Fsp3) is 0.500. The highest BCUT2D eigenvalue weighted by Gasteiger charge is 2.13. The molecule has 17 heavy (non-hydrogen) atoms. The van der Waals surface area contributed by atoms with Crippen LogP contribution in [0.3, 0.4) is 0 Å². The number of hydrogen-bond acceptors (Lipinski definition) is 4. The van der Waals surface area contributed by atoms with E-state index in [-0.39, 0.29) is 0 Å². The molecule has 0 bridgehead atoms. The molecule has 0 atom stereocenters. The number of carbonyl (C=O) groups is 1. The van der Waals surface area contributed by atoms with E-state index in [0.717, 1.165) is 19.6 Å². The highest BCUT2D eigenvalue weighted by molar-refractivity contribution is 5.94. The van der Waals surface area contributed by atoms with Crippen LogP contribution in [0.2, 0.25) is 0 Å². The van der Waals surface area contributed by atoms with Gasteiger partial charge in [0.2, 0.25) is 5.88 Å². The van der Waals surface area contributed by atoms with Crippen LogP contribution < -0.4 is 10.5 Å². The summed E-state index contributed by atoms with van der Waals surface area (Å²) >= 11 is 0. The van der Waals surface area contributed by atoms with E-state index in [4.69, 9.17) is 10.5 Å². The quantitative estimate of drug-likeness (QED) is 0.813. The molecule has 1 aliphatic rings. The van der Waals surface area contributed by atoms with Gasteiger partial charge in [0, 0.05) is 12.7 Å². The summed E-state index contributed by atoms with van der Waals surface area (Å²) in [5.41, 5.74) is 5.58. The van der Waals surface area contributed by atoms with E-state index in [1.807, 2.05) is 0 Å². The molecule has 1 aliphatic heterocycles. The van der Waals surface area contributed by atoms with Crippen LogP contribution in [0.5, 0.6) is 5.88 Å². The zero-order valence-electron chi connectivity index (χ0n) is 9.76.